The fraction of sp³-hybridized carbons (Fsp3) is 0.394. The summed E-state index contributed by atoms with van der Waals surface area (Å²) in [6.45, 7) is 2.60. The summed E-state index contributed by atoms with van der Waals surface area (Å²) in [5.74, 6) is 0. The zero-order valence-corrected chi connectivity index (χ0v) is 25.0. The number of likely N-dealkylation sites (tertiary alicyclic amines) is 1. The van der Waals surface area contributed by atoms with E-state index in [2.05, 4.69) is 5.32 Å². The van der Waals surface area contributed by atoms with E-state index in [1.54, 1.807) is 61.5 Å². The molecule has 1 N–H and O–H groups in total. The number of cyclic esters (lactones) is 1. The van der Waals surface area contributed by atoms with Crippen molar-refractivity contribution in [3.8, 4) is 0 Å². The molecule has 3 aromatic rings. The Labute approximate surface area is 261 Å². The van der Waals surface area contributed by atoms with Crippen LogP contribution in [0.1, 0.15) is 60.6 Å². The maximum absolute atomic E-state index is 14.0. The number of rotatable bonds is 7. The van der Waals surface area contributed by atoms with Crippen molar-refractivity contribution in [1.29, 1.82) is 0 Å². The van der Waals surface area contributed by atoms with Crippen molar-refractivity contribution in [1.82, 2.24) is 10.2 Å². The zero-order chi connectivity index (χ0) is 33.3. The average molecular weight is 651 g/mol. The van der Waals surface area contributed by atoms with Crippen LogP contribution in [-0.2, 0) is 38.7 Å². The number of carbonyl (C=O) groups is 2. The van der Waals surface area contributed by atoms with Gasteiger partial charge in [-0.3, -0.25) is 4.90 Å². The van der Waals surface area contributed by atoms with Crippen molar-refractivity contribution in [2.75, 3.05) is 13.2 Å². The first kappa shape index (κ1) is 33.1. The highest BCUT2D eigenvalue weighted by atomic mass is 19.4. The Morgan fingerprint density at radius 1 is 0.957 bits per heavy atom. The van der Waals surface area contributed by atoms with Gasteiger partial charge in [-0.1, -0.05) is 60.7 Å². The SMILES string of the molecule is CC(OC[C@@]1(c2ccccc2)CCC2(CN1C(=O)OCc1ccccc1)NC(=O)OC2C)c1cc(C(F)(F)F)cc(C(F)(F)F)c1. The molecule has 0 bridgehead atoms. The topological polar surface area (TPSA) is 77.1 Å². The van der Waals surface area contributed by atoms with Crippen LogP contribution in [0.3, 0.4) is 0 Å². The maximum Gasteiger partial charge on any atom is 0.416 e. The number of carbonyl (C=O) groups excluding carboxylic acids is 2. The fourth-order valence-electron chi connectivity index (χ4n) is 6.01. The third kappa shape index (κ3) is 6.79. The molecule has 2 aliphatic heterocycles. The summed E-state index contributed by atoms with van der Waals surface area (Å²) in [5.41, 5.74) is -4.18. The molecule has 3 aromatic carbocycles. The van der Waals surface area contributed by atoms with E-state index in [-0.39, 0.29) is 37.8 Å². The smallest absolute Gasteiger partial charge is 0.416 e. The molecule has 0 aliphatic carbocycles. The average Bonchev–Trinajstić information content (AvgIpc) is 3.30. The molecule has 0 radical (unpaired) electrons. The number of nitrogens with zero attached hydrogens (tertiary/aromatic N) is 1. The Bertz CT molecular complexity index is 1520. The van der Waals surface area contributed by atoms with Crippen LogP contribution < -0.4 is 5.32 Å². The first-order valence-electron chi connectivity index (χ1n) is 14.6. The van der Waals surface area contributed by atoms with Crippen LogP contribution in [0.25, 0.3) is 0 Å². The highest BCUT2D eigenvalue weighted by molar-refractivity contribution is 5.73. The molecule has 46 heavy (non-hydrogen) atoms. The summed E-state index contributed by atoms with van der Waals surface area (Å²) >= 11 is 0. The van der Waals surface area contributed by atoms with Crippen molar-refractivity contribution < 1.29 is 50.1 Å². The molecule has 2 aliphatic rings. The lowest BCUT2D eigenvalue weighted by Gasteiger charge is -2.52. The predicted molar refractivity (Wildman–Crippen MR) is 153 cm³/mol. The van der Waals surface area contributed by atoms with E-state index < -0.39 is 59.0 Å². The van der Waals surface area contributed by atoms with Crippen molar-refractivity contribution in [2.24, 2.45) is 0 Å². The zero-order valence-electron chi connectivity index (χ0n) is 25.0. The molecule has 13 heteroatoms. The molecule has 246 valence electrons. The number of benzene rings is 3. The van der Waals surface area contributed by atoms with Gasteiger partial charge < -0.3 is 19.5 Å². The van der Waals surface area contributed by atoms with Crippen molar-refractivity contribution >= 4 is 12.2 Å². The molecule has 7 nitrogen and oxygen atoms in total. The third-order valence-electron chi connectivity index (χ3n) is 8.74. The van der Waals surface area contributed by atoms with E-state index >= 15 is 0 Å². The van der Waals surface area contributed by atoms with Crippen LogP contribution in [0.2, 0.25) is 0 Å². The molecule has 2 saturated heterocycles. The number of alkyl halides is 6. The van der Waals surface area contributed by atoms with Gasteiger partial charge in [0.15, 0.2) is 0 Å². The van der Waals surface area contributed by atoms with Crippen LogP contribution in [0.4, 0.5) is 35.9 Å². The highest BCUT2D eigenvalue weighted by Gasteiger charge is 2.57. The Kier molecular flexibility index (Phi) is 9.00. The van der Waals surface area contributed by atoms with Gasteiger partial charge in [0.25, 0.3) is 0 Å². The number of piperidine rings is 1. The first-order valence-corrected chi connectivity index (χ1v) is 14.6. The second kappa shape index (κ2) is 12.5. The van der Waals surface area contributed by atoms with E-state index in [1.807, 2.05) is 6.07 Å². The van der Waals surface area contributed by atoms with Crippen LogP contribution >= 0.6 is 0 Å². The van der Waals surface area contributed by atoms with E-state index in [4.69, 9.17) is 14.2 Å². The quantitative estimate of drug-likeness (QED) is 0.263. The fourth-order valence-corrected chi connectivity index (χ4v) is 6.01. The Hall–Kier alpha value is -4.26. The molecule has 3 unspecified atom stereocenters. The van der Waals surface area contributed by atoms with E-state index in [1.165, 1.54) is 11.8 Å². The molecule has 2 fully saturated rings. The summed E-state index contributed by atoms with van der Waals surface area (Å²) in [4.78, 5) is 27.6. The number of ether oxygens (including phenoxy) is 3. The van der Waals surface area contributed by atoms with Crippen molar-refractivity contribution in [3.05, 3.63) is 107 Å². The number of hydrogen-bond acceptors (Lipinski definition) is 5. The lowest BCUT2D eigenvalue weighted by atomic mass is 9.73. The molecule has 2 amide bonds. The summed E-state index contributed by atoms with van der Waals surface area (Å²) in [6, 6.07) is 19.0. The first-order chi connectivity index (χ1) is 21.6. The largest absolute Gasteiger partial charge is 0.445 e. The van der Waals surface area contributed by atoms with Crippen LogP contribution in [0.15, 0.2) is 78.9 Å². The Balaban J connectivity index is 1.51. The van der Waals surface area contributed by atoms with E-state index in [0.717, 1.165) is 0 Å². The number of amides is 2. The van der Waals surface area contributed by atoms with E-state index in [9.17, 15) is 35.9 Å². The number of nitrogens with one attached hydrogen (secondary N) is 1. The predicted octanol–water partition coefficient (Wildman–Crippen LogP) is 8.00. The second-order valence-electron chi connectivity index (χ2n) is 11.6. The monoisotopic (exact) mass is 650 g/mol. The molecule has 1 spiro atoms. The maximum atomic E-state index is 14.0. The summed E-state index contributed by atoms with van der Waals surface area (Å²) in [7, 11) is 0. The minimum absolute atomic E-state index is 0.0614. The molecular formula is C33H32F6N2O5. The number of halogens is 6. The lowest BCUT2D eigenvalue weighted by Crippen LogP contribution is -2.67. The van der Waals surface area contributed by atoms with Gasteiger partial charge in [-0.25, -0.2) is 9.59 Å². The highest BCUT2D eigenvalue weighted by Crippen LogP contribution is 2.46. The molecule has 0 saturated carbocycles. The Morgan fingerprint density at radius 2 is 1.54 bits per heavy atom. The van der Waals surface area contributed by atoms with Gasteiger partial charge in [0.1, 0.15) is 12.7 Å². The molecule has 0 aromatic heterocycles. The minimum Gasteiger partial charge on any atom is -0.445 e. The van der Waals surface area contributed by atoms with Crippen molar-refractivity contribution in [2.45, 2.75) is 68.9 Å². The molecule has 4 atom stereocenters. The molecule has 5 rings (SSSR count). The minimum atomic E-state index is -5.03. The van der Waals surface area contributed by atoms with Crippen LogP contribution in [-0.4, -0.2) is 41.9 Å². The number of hydrogen-bond donors (Lipinski definition) is 1. The van der Waals surface area contributed by atoms with E-state index in [0.29, 0.717) is 29.7 Å². The molecule has 2 heterocycles. The van der Waals surface area contributed by atoms with Gasteiger partial charge in [-0.05, 0) is 61.6 Å². The van der Waals surface area contributed by atoms with Gasteiger partial charge in [-0.2, -0.15) is 26.3 Å². The lowest BCUT2D eigenvalue weighted by molar-refractivity contribution is -0.143. The Morgan fingerprint density at radius 3 is 2.09 bits per heavy atom. The van der Waals surface area contributed by atoms with Gasteiger partial charge in [0, 0.05) is 0 Å². The standard InChI is InChI=1S/C33H32F6N2O5/c1-21(24-15-26(32(34,35)36)17-27(16-24)33(37,38)39)45-20-31(25-11-7-4-8-12-25)14-13-30(22(2)46-28(42)40-30)19-41(31)29(43)44-18-23-9-5-3-6-10-23/h3-12,15-17,21-22H,13-14,18-20H2,1-2H3,(H,40,42)/t21?,22?,30?,31-/m1/s1. The van der Waals surface area contributed by atoms with Crippen LogP contribution in [0.5, 0.6) is 0 Å². The molecular weight excluding hydrogens is 618 g/mol. The normalized spacial score (nSPS) is 24.0. The summed E-state index contributed by atoms with van der Waals surface area (Å²) < 4.78 is 98.8. The van der Waals surface area contributed by atoms with Gasteiger partial charge >= 0.3 is 24.5 Å². The van der Waals surface area contributed by atoms with Crippen LogP contribution in [0, 0.1) is 0 Å². The summed E-state index contributed by atoms with van der Waals surface area (Å²) in [6.07, 6.45) is -12.8. The summed E-state index contributed by atoms with van der Waals surface area (Å²) in [5, 5.41) is 2.83. The van der Waals surface area contributed by atoms with Gasteiger partial charge in [0.05, 0.1) is 41.5 Å². The number of alkyl carbamates (subject to hydrolysis) is 1. The second-order valence-corrected chi connectivity index (χ2v) is 11.6. The van der Waals surface area contributed by atoms with Crippen molar-refractivity contribution in [3.63, 3.8) is 0 Å². The van der Waals surface area contributed by atoms with Gasteiger partial charge in [-0.15, -0.1) is 0 Å². The third-order valence-corrected chi connectivity index (χ3v) is 8.74. The van der Waals surface area contributed by atoms with Gasteiger partial charge in [0.2, 0.25) is 0 Å².